The van der Waals surface area contributed by atoms with Gasteiger partial charge in [-0.3, -0.25) is 4.79 Å². The predicted molar refractivity (Wildman–Crippen MR) is 94.9 cm³/mol. The summed E-state index contributed by atoms with van der Waals surface area (Å²) in [7, 11) is 0. The number of fused-ring (bicyclic) bond motifs is 1. The summed E-state index contributed by atoms with van der Waals surface area (Å²) in [6.45, 7) is 0.0614. The quantitative estimate of drug-likeness (QED) is 0.579. The molecule has 3 nitrogen and oxygen atoms in total. The molecular weight excluding hydrogens is 389 g/mol. The van der Waals surface area contributed by atoms with Crippen LogP contribution in [-0.2, 0) is 6.54 Å². The number of amides is 1. The zero-order chi connectivity index (χ0) is 18.1. The van der Waals surface area contributed by atoms with Gasteiger partial charge in [0.1, 0.15) is 17.2 Å². The lowest BCUT2D eigenvalue weighted by atomic mass is 10.2. The van der Waals surface area contributed by atoms with E-state index in [9.17, 15) is 13.6 Å². The second-order valence-electron chi connectivity index (χ2n) is 4.90. The van der Waals surface area contributed by atoms with Crippen molar-refractivity contribution in [2.75, 3.05) is 0 Å². The van der Waals surface area contributed by atoms with Gasteiger partial charge in [-0.25, -0.2) is 8.78 Å². The highest BCUT2D eigenvalue weighted by atomic mass is 35.5. The van der Waals surface area contributed by atoms with Gasteiger partial charge in [-0.2, -0.15) is 4.99 Å². The van der Waals surface area contributed by atoms with Crippen LogP contribution in [-0.4, -0.2) is 10.5 Å². The lowest BCUT2D eigenvalue weighted by Crippen LogP contribution is -2.17. The Bertz CT molecular complexity index is 1090. The van der Waals surface area contributed by atoms with Crippen LogP contribution in [0.15, 0.2) is 35.3 Å². The van der Waals surface area contributed by atoms with Crippen molar-refractivity contribution in [3.05, 3.63) is 62.4 Å². The molecule has 8 heteroatoms. The lowest BCUT2D eigenvalue weighted by Gasteiger charge is -2.03. The van der Waals surface area contributed by atoms with Gasteiger partial charge >= 0.3 is 0 Å². The molecule has 1 aromatic heterocycles. The van der Waals surface area contributed by atoms with Crippen LogP contribution < -0.4 is 4.80 Å². The van der Waals surface area contributed by atoms with Crippen LogP contribution in [0.3, 0.4) is 0 Å². The number of rotatable bonds is 2. The monoisotopic (exact) mass is 396 g/mol. The lowest BCUT2D eigenvalue weighted by molar-refractivity contribution is 0.0990. The van der Waals surface area contributed by atoms with Gasteiger partial charge in [-0.15, -0.1) is 6.42 Å². The van der Waals surface area contributed by atoms with Gasteiger partial charge in [0.25, 0.3) is 5.91 Å². The highest BCUT2D eigenvalue weighted by Gasteiger charge is 2.18. The molecule has 0 bridgehead atoms. The fourth-order valence-corrected chi connectivity index (χ4v) is 3.78. The van der Waals surface area contributed by atoms with Crippen molar-refractivity contribution in [2.45, 2.75) is 6.54 Å². The van der Waals surface area contributed by atoms with E-state index in [0.29, 0.717) is 15.2 Å². The van der Waals surface area contributed by atoms with Crippen LogP contribution in [0.1, 0.15) is 10.4 Å². The smallest absolute Gasteiger partial charge is 0.285 e. The van der Waals surface area contributed by atoms with Crippen molar-refractivity contribution in [1.29, 1.82) is 0 Å². The Morgan fingerprint density at radius 3 is 2.56 bits per heavy atom. The summed E-state index contributed by atoms with van der Waals surface area (Å²) >= 11 is 13.4. The van der Waals surface area contributed by atoms with Crippen molar-refractivity contribution in [3.63, 3.8) is 0 Å². The maximum Gasteiger partial charge on any atom is 0.285 e. The first-order chi connectivity index (χ1) is 11.9. The molecule has 0 N–H and O–H groups in total. The van der Waals surface area contributed by atoms with E-state index < -0.39 is 23.1 Å². The minimum Gasteiger partial charge on any atom is -0.303 e. The third-order valence-electron chi connectivity index (χ3n) is 3.36. The predicted octanol–water partition coefficient (Wildman–Crippen LogP) is 4.66. The molecule has 0 atom stereocenters. The van der Waals surface area contributed by atoms with Gasteiger partial charge in [0.05, 0.1) is 26.8 Å². The van der Waals surface area contributed by atoms with Crippen molar-refractivity contribution in [3.8, 4) is 12.3 Å². The highest BCUT2D eigenvalue weighted by Crippen LogP contribution is 2.32. The molecule has 25 heavy (non-hydrogen) atoms. The van der Waals surface area contributed by atoms with Crippen molar-refractivity contribution in [1.82, 2.24) is 4.57 Å². The second kappa shape index (κ2) is 6.96. The van der Waals surface area contributed by atoms with Gasteiger partial charge in [0.2, 0.25) is 0 Å². The molecule has 0 aliphatic rings. The number of benzene rings is 2. The van der Waals surface area contributed by atoms with E-state index in [2.05, 4.69) is 10.9 Å². The zero-order valence-corrected chi connectivity index (χ0v) is 14.7. The van der Waals surface area contributed by atoms with Crippen LogP contribution in [0.2, 0.25) is 10.0 Å². The van der Waals surface area contributed by atoms with E-state index in [1.807, 2.05) is 0 Å². The van der Waals surface area contributed by atoms with Gasteiger partial charge in [-0.1, -0.05) is 46.5 Å². The number of hydrogen-bond donors (Lipinski definition) is 0. The van der Waals surface area contributed by atoms with Gasteiger partial charge < -0.3 is 4.57 Å². The standard InChI is InChI=1S/C17H8Cl2F2N2OS/c1-2-8-23-15-12(7-6-9(18)14(15)19)25-17(23)22-16(24)13-10(20)4-3-5-11(13)21/h1,3-7H,8H2. The number of aromatic nitrogens is 1. The maximum absolute atomic E-state index is 13.8. The first kappa shape index (κ1) is 17.6. The molecule has 3 rings (SSSR count). The van der Waals surface area contributed by atoms with E-state index >= 15 is 0 Å². The SMILES string of the molecule is C#CCn1c(=NC(=O)c2c(F)cccc2F)sc2ccc(Cl)c(Cl)c21. The van der Waals surface area contributed by atoms with Crippen LogP contribution in [0.25, 0.3) is 10.2 Å². The average molecular weight is 397 g/mol. The molecule has 0 unspecified atom stereocenters. The second-order valence-corrected chi connectivity index (χ2v) is 6.69. The van der Waals surface area contributed by atoms with Crippen LogP contribution in [0.5, 0.6) is 0 Å². The Morgan fingerprint density at radius 2 is 1.92 bits per heavy atom. The number of thiazole rings is 1. The third-order valence-corrected chi connectivity index (χ3v) is 5.20. The zero-order valence-electron chi connectivity index (χ0n) is 12.4. The maximum atomic E-state index is 13.8. The molecule has 0 saturated carbocycles. The summed E-state index contributed by atoms with van der Waals surface area (Å²) in [5, 5.41) is 0.576. The molecular formula is C17H8Cl2F2N2OS. The minimum atomic E-state index is -1.05. The largest absolute Gasteiger partial charge is 0.303 e. The Morgan fingerprint density at radius 1 is 1.24 bits per heavy atom. The molecule has 0 spiro atoms. The molecule has 0 saturated heterocycles. The normalized spacial score (nSPS) is 11.7. The summed E-state index contributed by atoms with van der Waals surface area (Å²) in [5.74, 6) is -0.586. The molecule has 0 fully saturated rings. The van der Waals surface area contributed by atoms with Gasteiger partial charge in [0, 0.05) is 0 Å². The van der Waals surface area contributed by atoms with E-state index in [1.54, 1.807) is 12.1 Å². The minimum absolute atomic E-state index is 0.0614. The number of carbonyl (C=O) groups excluding carboxylic acids is 1. The summed E-state index contributed by atoms with van der Waals surface area (Å²) in [5.41, 5.74) is -0.214. The van der Waals surface area contributed by atoms with Crippen molar-refractivity contribution < 1.29 is 13.6 Å². The number of terminal acetylenes is 1. The van der Waals surface area contributed by atoms with Gasteiger partial charge in [-0.05, 0) is 24.3 Å². The summed E-state index contributed by atoms with van der Waals surface area (Å²) in [6.07, 6.45) is 5.37. The van der Waals surface area contributed by atoms with Crippen molar-refractivity contribution >= 4 is 50.7 Å². The Balaban J connectivity index is 2.27. The number of nitrogens with zero attached hydrogens (tertiary/aromatic N) is 2. The van der Waals surface area contributed by atoms with Crippen LogP contribution >= 0.6 is 34.5 Å². The fraction of sp³-hybridized carbons (Fsp3) is 0.0588. The van der Waals surface area contributed by atoms with Gasteiger partial charge in [0.15, 0.2) is 4.80 Å². The first-order valence-corrected chi connectivity index (χ1v) is 8.45. The van der Waals surface area contributed by atoms with E-state index in [0.717, 1.165) is 23.5 Å². The molecule has 3 aromatic rings. The number of halogens is 4. The Labute approximate surface area is 155 Å². The van der Waals surface area contributed by atoms with Crippen LogP contribution in [0, 0.1) is 24.0 Å². The molecule has 0 aliphatic heterocycles. The Kier molecular flexibility index (Phi) is 4.91. The fourth-order valence-electron chi connectivity index (χ4n) is 2.27. The Hall–Kier alpha value is -2.20. The molecule has 1 amide bonds. The average Bonchev–Trinajstić information content (AvgIpc) is 2.89. The summed E-state index contributed by atoms with van der Waals surface area (Å²) in [6, 6.07) is 6.45. The van der Waals surface area contributed by atoms with Crippen molar-refractivity contribution in [2.24, 2.45) is 4.99 Å². The number of carbonyl (C=O) groups is 1. The number of hydrogen-bond acceptors (Lipinski definition) is 2. The molecule has 0 aliphatic carbocycles. The third kappa shape index (κ3) is 3.19. The van der Waals surface area contributed by atoms with E-state index in [4.69, 9.17) is 29.6 Å². The molecule has 0 radical (unpaired) electrons. The first-order valence-electron chi connectivity index (χ1n) is 6.88. The molecule has 126 valence electrons. The molecule has 2 aromatic carbocycles. The topological polar surface area (TPSA) is 34.4 Å². The van der Waals surface area contributed by atoms with Crippen LogP contribution in [0.4, 0.5) is 8.78 Å². The molecule has 1 heterocycles. The summed E-state index contributed by atoms with van der Waals surface area (Å²) in [4.78, 5) is 16.3. The van der Waals surface area contributed by atoms with E-state index in [1.165, 1.54) is 10.6 Å². The van der Waals surface area contributed by atoms with E-state index in [-0.39, 0.29) is 16.4 Å². The highest BCUT2D eigenvalue weighted by molar-refractivity contribution is 7.16. The summed E-state index contributed by atoms with van der Waals surface area (Å²) < 4.78 is 29.7.